The first-order chi connectivity index (χ1) is 9.56. The van der Waals surface area contributed by atoms with Gasteiger partial charge in [0, 0.05) is 36.8 Å². The van der Waals surface area contributed by atoms with Crippen LogP contribution in [0, 0.1) is 6.92 Å². The van der Waals surface area contributed by atoms with Crippen molar-refractivity contribution in [2.24, 2.45) is 0 Å². The van der Waals surface area contributed by atoms with Gasteiger partial charge in [-0.15, -0.1) is 12.4 Å². The highest BCUT2D eigenvalue weighted by molar-refractivity contribution is 5.95. The van der Waals surface area contributed by atoms with Crippen LogP contribution in [-0.2, 0) is 0 Å². The molecule has 0 aliphatic carbocycles. The molecule has 0 radical (unpaired) electrons. The van der Waals surface area contributed by atoms with Crippen LogP contribution in [0.25, 0.3) is 0 Å². The summed E-state index contributed by atoms with van der Waals surface area (Å²) >= 11 is 0. The van der Waals surface area contributed by atoms with Crippen LogP contribution in [0.1, 0.15) is 22.8 Å². The third-order valence-corrected chi connectivity index (χ3v) is 3.66. The van der Waals surface area contributed by atoms with Crippen molar-refractivity contribution in [1.29, 1.82) is 0 Å². The van der Waals surface area contributed by atoms with E-state index < -0.39 is 0 Å². The van der Waals surface area contributed by atoms with E-state index in [4.69, 9.17) is 9.47 Å². The van der Waals surface area contributed by atoms with Crippen LogP contribution in [0.5, 0.6) is 11.5 Å². The molecule has 0 spiro atoms. The number of nitrogens with one attached hydrogen (secondary N) is 1. The van der Waals surface area contributed by atoms with Gasteiger partial charge in [-0.05, 0) is 26.0 Å². The van der Waals surface area contributed by atoms with Gasteiger partial charge in [-0.1, -0.05) is 0 Å². The smallest absolute Gasteiger partial charge is 0.254 e. The summed E-state index contributed by atoms with van der Waals surface area (Å²) in [5.41, 5.74) is 1.51. The first-order valence-electron chi connectivity index (χ1n) is 6.82. The van der Waals surface area contributed by atoms with Gasteiger partial charge in [0.15, 0.2) is 0 Å². The van der Waals surface area contributed by atoms with Crippen molar-refractivity contribution < 1.29 is 14.3 Å². The molecule has 6 heteroatoms. The zero-order valence-electron chi connectivity index (χ0n) is 12.9. The molecule has 1 N–H and O–H groups in total. The van der Waals surface area contributed by atoms with Gasteiger partial charge in [0.25, 0.3) is 5.91 Å². The number of ether oxygens (including phenoxy) is 2. The van der Waals surface area contributed by atoms with E-state index in [1.54, 1.807) is 26.4 Å². The van der Waals surface area contributed by atoms with E-state index in [0.29, 0.717) is 23.1 Å². The number of methoxy groups -OCH3 is 2. The Hall–Kier alpha value is -1.46. The fourth-order valence-corrected chi connectivity index (χ4v) is 2.51. The third kappa shape index (κ3) is 3.80. The SMILES string of the molecule is COc1cc(C(=O)N2CCN[C@H](C)C2)cc(OC)c1C.Cl. The predicted molar refractivity (Wildman–Crippen MR) is 84.9 cm³/mol. The van der Waals surface area contributed by atoms with E-state index >= 15 is 0 Å². The summed E-state index contributed by atoms with van der Waals surface area (Å²) in [4.78, 5) is 14.4. The first-order valence-corrected chi connectivity index (χ1v) is 6.82. The van der Waals surface area contributed by atoms with Crippen LogP contribution in [0.3, 0.4) is 0 Å². The lowest BCUT2D eigenvalue weighted by Crippen LogP contribution is -2.51. The standard InChI is InChI=1S/C15H22N2O3.ClH/c1-10-9-17(6-5-16-10)15(18)12-7-13(19-3)11(2)14(8-12)20-4;/h7-8,10,16H,5-6,9H2,1-4H3;1H/t10-;/m1./s1. The number of hydrogen-bond acceptors (Lipinski definition) is 4. The summed E-state index contributed by atoms with van der Waals surface area (Å²) in [6.07, 6.45) is 0. The highest BCUT2D eigenvalue weighted by Gasteiger charge is 2.23. The van der Waals surface area contributed by atoms with Crippen LogP contribution < -0.4 is 14.8 Å². The Morgan fingerprint density at radius 1 is 1.29 bits per heavy atom. The number of piperazine rings is 1. The van der Waals surface area contributed by atoms with Gasteiger partial charge >= 0.3 is 0 Å². The zero-order valence-corrected chi connectivity index (χ0v) is 13.8. The van der Waals surface area contributed by atoms with E-state index in [0.717, 1.165) is 25.2 Å². The highest BCUT2D eigenvalue weighted by Crippen LogP contribution is 2.30. The van der Waals surface area contributed by atoms with Crippen LogP contribution >= 0.6 is 12.4 Å². The minimum atomic E-state index is 0. The predicted octanol–water partition coefficient (Wildman–Crippen LogP) is 1.87. The van der Waals surface area contributed by atoms with Crippen LogP contribution in [0.15, 0.2) is 12.1 Å². The number of rotatable bonds is 3. The van der Waals surface area contributed by atoms with Crippen molar-refractivity contribution in [2.75, 3.05) is 33.9 Å². The Kier molecular flexibility index (Phi) is 6.30. The van der Waals surface area contributed by atoms with Gasteiger partial charge < -0.3 is 19.7 Å². The van der Waals surface area contributed by atoms with Crippen molar-refractivity contribution in [3.05, 3.63) is 23.3 Å². The van der Waals surface area contributed by atoms with Crippen molar-refractivity contribution >= 4 is 18.3 Å². The van der Waals surface area contributed by atoms with Gasteiger partial charge in [-0.25, -0.2) is 0 Å². The van der Waals surface area contributed by atoms with E-state index in [1.807, 2.05) is 11.8 Å². The van der Waals surface area contributed by atoms with Gasteiger partial charge in [0.2, 0.25) is 0 Å². The van der Waals surface area contributed by atoms with E-state index in [2.05, 4.69) is 12.2 Å². The minimum Gasteiger partial charge on any atom is -0.496 e. The minimum absolute atomic E-state index is 0. The molecule has 1 aromatic carbocycles. The maximum atomic E-state index is 12.6. The molecule has 1 aliphatic rings. The molecule has 1 atom stereocenters. The summed E-state index contributed by atoms with van der Waals surface area (Å²) in [5, 5.41) is 3.33. The second kappa shape index (κ2) is 7.52. The largest absolute Gasteiger partial charge is 0.496 e. The number of carbonyl (C=O) groups is 1. The number of hydrogen-bond donors (Lipinski definition) is 1. The second-order valence-corrected chi connectivity index (χ2v) is 5.11. The van der Waals surface area contributed by atoms with Gasteiger partial charge in [0.1, 0.15) is 11.5 Å². The van der Waals surface area contributed by atoms with E-state index in [9.17, 15) is 4.79 Å². The Balaban J connectivity index is 0.00000220. The molecule has 1 aliphatic heterocycles. The molecule has 0 bridgehead atoms. The van der Waals surface area contributed by atoms with Crippen LogP contribution in [0.4, 0.5) is 0 Å². The summed E-state index contributed by atoms with van der Waals surface area (Å²) in [7, 11) is 3.20. The lowest BCUT2D eigenvalue weighted by Gasteiger charge is -2.32. The Labute approximate surface area is 132 Å². The maximum Gasteiger partial charge on any atom is 0.254 e. The third-order valence-electron chi connectivity index (χ3n) is 3.66. The Morgan fingerprint density at radius 3 is 2.33 bits per heavy atom. The molecule has 2 rings (SSSR count). The maximum absolute atomic E-state index is 12.6. The van der Waals surface area contributed by atoms with Gasteiger partial charge in [0.05, 0.1) is 14.2 Å². The quantitative estimate of drug-likeness (QED) is 0.925. The number of halogens is 1. The van der Waals surface area contributed by atoms with Crippen molar-refractivity contribution in [1.82, 2.24) is 10.2 Å². The molecule has 1 aromatic rings. The lowest BCUT2D eigenvalue weighted by molar-refractivity contribution is 0.0708. The topological polar surface area (TPSA) is 50.8 Å². The van der Waals surface area contributed by atoms with E-state index in [-0.39, 0.29) is 18.3 Å². The summed E-state index contributed by atoms with van der Waals surface area (Å²) in [5.74, 6) is 1.38. The molecule has 21 heavy (non-hydrogen) atoms. The van der Waals surface area contributed by atoms with E-state index in [1.165, 1.54) is 0 Å². The molecule has 1 heterocycles. The molecule has 0 unspecified atom stereocenters. The number of nitrogens with zero attached hydrogens (tertiary/aromatic N) is 1. The van der Waals surface area contributed by atoms with Crippen molar-refractivity contribution in [2.45, 2.75) is 19.9 Å². The molecular weight excluding hydrogens is 292 g/mol. The molecule has 1 saturated heterocycles. The molecular formula is C15H23ClN2O3. The number of carbonyl (C=O) groups excluding carboxylic acids is 1. The average molecular weight is 315 g/mol. The van der Waals surface area contributed by atoms with Crippen LogP contribution in [0.2, 0.25) is 0 Å². The lowest BCUT2D eigenvalue weighted by atomic mass is 10.1. The number of benzene rings is 1. The fourth-order valence-electron chi connectivity index (χ4n) is 2.51. The molecule has 0 aromatic heterocycles. The molecule has 118 valence electrons. The normalized spacial score (nSPS) is 17.9. The van der Waals surface area contributed by atoms with Gasteiger partial charge in [-0.2, -0.15) is 0 Å². The van der Waals surface area contributed by atoms with Crippen molar-refractivity contribution in [3.8, 4) is 11.5 Å². The Morgan fingerprint density at radius 2 is 1.86 bits per heavy atom. The second-order valence-electron chi connectivity index (χ2n) is 5.11. The number of amides is 1. The Bertz CT molecular complexity index is 483. The molecule has 0 saturated carbocycles. The molecule has 5 nitrogen and oxygen atoms in total. The van der Waals surface area contributed by atoms with Gasteiger partial charge in [-0.3, -0.25) is 4.79 Å². The highest BCUT2D eigenvalue weighted by atomic mass is 35.5. The summed E-state index contributed by atoms with van der Waals surface area (Å²) < 4.78 is 10.6. The van der Waals surface area contributed by atoms with Crippen LogP contribution in [-0.4, -0.2) is 50.7 Å². The van der Waals surface area contributed by atoms with Crippen molar-refractivity contribution in [3.63, 3.8) is 0 Å². The monoisotopic (exact) mass is 314 g/mol. The summed E-state index contributed by atoms with van der Waals surface area (Å²) in [6.45, 7) is 6.26. The fraction of sp³-hybridized carbons (Fsp3) is 0.533. The zero-order chi connectivity index (χ0) is 14.7. The average Bonchev–Trinajstić information content (AvgIpc) is 2.46. The molecule has 1 amide bonds. The summed E-state index contributed by atoms with van der Waals surface area (Å²) in [6, 6.07) is 3.89. The first kappa shape index (κ1) is 17.6. The molecule has 1 fully saturated rings.